The van der Waals surface area contributed by atoms with Crippen molar-refractivity contribution in [3.8, 4) is 0 Å². The van der Waals surface area contributed by atoms with Crippen LogP contribution in [0.5, 0.6) is 0 Å². The minimum absolute atomic E-state index is 0.421. The maximum absolute atomic E-state index is 11.8. The predicted octanol–water partition coefficient (Wildman–Crippen LogP) is 3.09. The number of carbonyl (C=O) groups is 2. The Hall–Kier alpha value is -2.08. The standard InChI is InChI=1S/C18H28N2O4/c1-3-12-19-13-8-5-9-14-20-18(22)24-15(2)23-17(21)16-10-6-4-7-11-16/h4,6-7,10-11,15,19H,3,5,8-9,12-14H2,1-2H3,(H,20,22)/t15-/m0/s1. The Morgan fingerprint density at radius 3 is 2.42 bits per heavy atom. The van der Waals surface area contributed by atoms with Crippen molar-refractivity contribution in [3.05, 3.63) is 35.9 Å². The van der Waals surface area contributed by atoms with Crippen molar-refractivity contribution in [2.24, 2.45) is 0 Å². The van der Waals surface area contributed by atoms with Crippen LogP contribution in [0.2, 0.25) is 0 Å². The normalized spacial score (nSPS) is 11.6. The highest BCUT2D eigenvalue weighted by atomic mass is 16.7. The van der Waals surface area contributed by atoms with Gasteiger partial charge in [0, 0.05) is 13.5 Å². The zero-order valence-corrected chi connectivity index (χ0v) is 14.5. The van der Waals surface area contributed by atoms with E-state index in [1.165, 1.54) is 6.92 Å². The highest BCUT2D eigenvalue weighted by molar-refractivity contribution is 5.89. The van der Waals surface area contributed by atoms with E-state index in [0.717, 1.165) is 38.8 Å². The first-order chi connectivity index (χ1) is 11.6. The van der Waals surface area contributed by atoms with Gasteiger partial charge in [-0.1, -0.05) is 31.5 Å². The third-order valence-corrected chi connectivity index (χ3v) is 3.28. The largest absolute Gasteiger partial charge is 0.422 e. The monoisotopic (exact) mass is 336 g/mol. The van der Waals surface area contributed by atoms with Crippen molar-refractivity contribution in [1.82, 2.24) is 10.6 Å². The molecule has 1 rings (SSSR count). The van der Waals surface area contributed by atoms with Crippen LogP contribution < -0.4 is 10.6 Å². The molecule has 0 aliphatic heterocycles. The molecular weight excluding hydrogens is 308 g/mol. The average Bonchev–Trinajstić information content (AvgIpc) is 2.58. The Morgan fingerprint density at radius 1 is 1.00 bits per heavy atom. The quantitative estimate of drug-likeness (QED) is 0.369. The van der Waals surface area contributed by atoms with Crippen molar-refractivity contribution in [2.75, 3.05) is 19.6 Å². The van der Waals surface area contributed by atoms with E-state index in [4.69, 9.17) is 9.47 Å². The lowest BCUT2D eigenvalue weighted by molar-refractivity contribution is -0.0600. The van der Waals surface area contributed by atoms with E-state index in [-0.39, 0.29) is 0 Å². The molecule has 1 aromatic rings. The van der Waals surface area contributed by atoms with Gasteiger partial charge in [-0.2, -0.15) is 0 Å². The summed E-state index contributed by atoms with van der Waals surface area (Å²) in [6, 6.07) is 8.58. The van der Waals surface area contributed by atoms with Crippen LogP contribution in [0.25, 0.3) is 0 Å². The number of amides is 1. The molecule has 0 fully saturated rings. The Morgan fingerprint density at radius 2 is 1.71 bits per heavy atom. The molecule has 2 N–H and O–H groups in total. The highest BCUT2D eigenvalue weighted by Gasteiger charge is 2.14. The number of unbranched alkanes of at least 4 members (excludes halogenated alkanes) is 2. The summed E-state index contributed by atoms with van der Waals surface area (Å²) in [4.78, 5) is 23.4. The van der Waals surface area contributed by atoms with E-state index in [1.807, 2.05) is 6.07 Å². The van der Waals surface area contributed by atoms with Gasteiger partial charge >= 0.3 is 12.1 Å². The van der Waals surface area contributed by atoms with Crippen LogP contribution in [0.1, 0.15) is 49.9 Å². The lowest BCUT2D eigenvalue weighted by Gasteiger charge is -2.14. The number of esters is 1. The molecule has 0 radical (unpaired) electrons. The second kappa shape index (κ2) is 12.4. The summed E-state index contributed by atoms with van der Waals surface area (Å²) in [6.07, 6.45) is 2.64. The zero-order valence-electron chi connectivity index (χ0n) is 14.5. The third kappa shape index (κ3) is 9.15. The summed E-state index contributed by atoms with van der Waals surface area (Å²) in [5, 5.41) is 5.99. The van der Waals surface area contributed by atoms with Crippen LogP contribution in [-0.4, -0.2) is 38.0 Å². The minimum atomic E-state index is -0.934. The number of alkyl carbamates (subject to hydrolysis) is 1. The molecule has 0 saturated carbocycles. The Balaban J connectivity index is 2.08. The van der Waals surface area contributed by atoms with Crippen LogP contribution in [0.4, 0.5) is 4.79 Å². The van der Waals surface area contributed by atoms with Gasteiger partial charge in [-0.05, 0) is 44.5 Å². The Bertz CT molecular complexity index is 479. The second-order valence-electron chi connectivity index (χ2n) is 5.48. The first-order valence-electron chi connectivity index (χ1n) is 8.54. The van der Waals surface area contributed by atoms with Gasteiger partial charge in [-0.25, -0.2) is 9.59 Å². The molecule has 0 aliphatic rings. The van der Waals surface area contributed by atoms with Crippen molar-refractivity contribution in [2.45, 2.75) is 45.8 Å². The predicted molar refractivity (Wildman–Crippen MR) is 92.8 cm³/mol. The average molecular weight is 336 g/mol. The number of hydrogen-bond acceptors (Lipinski definition) is 5. The van der Waals surface area contributed by atoms with Gasteiger partial charge in [-0.3, -0.25) is 0 Å². The summed E-state index contributed by atoms with van der Waals surface area (Å²) in [7, 11) is 0. The van der Waals surface area contributed by atoms with Gasteiger partial charge < -0.3 is 20.1 Å². The molecule has 0 saturated heterocycles. The van der Waals surface area contributed by atoms with Gasteiger partial charge in [0.25, 0.3) is 0 Å². The summed E-state index contributed by atoms with van der Waals surface area (Å²) < 4.78 is 10.1. The lowest BCUT2D eigenvalue weighted by atomic mass is 10.2. The van der Waals surface area contributed by atoms with E-state index in [9.17, 15) is 9.59 Å². The zero-order chi connectivity index (χ0) is 17.6. The van der Waals surface area contributed by atoms with Crippen molar-refractivity contribution in [3.63, 3.8) is 0 Å². The molecule has 1 aromatic carbocycles. The van der Waals surface area contributed by atoms with E-state index in [2.05, 4.69) is 17.6 Å². The first-order valence-corrected chi connectivity index (χ1v) is 8.54. The van der Waals surface area contributed by atoms with Crippen molar-refractivity contribution < 1.29 is 19.1 Å². The Labute approximate surface area is 143 Å². The van der Waals surface area contributed by atoms with E-state index in [1.54, 1.807) is 24.3 Å². The number of nitrogens with one attached hydrogen (secondary N) is 2. The molecular formula is C18H28N2O4. The fourth-order valence-corrected chi connectivity index (χ4v) is 2.05. The van der Waals surface area contributed by atoms with Crippen molar-refractivity contribution >= 4 is 12.1 Å². The second-order valence-corrected chi connectivity index (χ2v) is 5.48. The summed E-state index contributed by atoms with van der Waals surface area (Å²) in [5.74, 6) is -0.518. The Kier molecular flexibility index (Phi) is 10.3. The van der Waals surface area contributed by atoms with Gasteiger partial charge in [0.2, 0.25) is 6.29 Å². The van der Waals surface area contributed by atoms with Crippen LogP contribution in [0.15, 0.2) is 30.3 Å². The van der Waals surface area contributed by atoms with Crippen LogP contribution in [-0.2, 0) is 9.47 Å². The molecule has 0 bridgehead atoms. The first kappa shape index (κ1) is 20.0. The fourth-order valence-electron chi connectivity index (χ4n) is 2.05. The number of ether oxygens (including phenoxy) is 2. The van der Waals surface area contributed by atoms with Gasteiger partial charge in [0.15, 0.2) is 0 Å². The minimum Gasteiger partial charge on any atom is -0.422 e. The van der Waals surface area contributed by atoms with E-state index >= 15 is 0 Å². The molecule has 6 heteroatoms. The number of hydrogen-bond donors (Lipinski definition) is 2. The number of carbonyl (C=O) groups excluding carboxylic acids is 2. The van der Waals surface area contributed by atoms with Gasteiger partial charge in [0.05, 0.1) is 5.56 Å². The number of benzene rings is 1. The molecule has 1 atom stereocenters. The lowest BCUT2D eigenvalue weighted by Crippen LogP contribution is -2.30. The van der Waals surface area contributed by atoms with Crippen LogP contribution in [0.3, 0.4) is 0 Å². The molecule has 6 nitrogen and oxygen atoms in total. The van der Waals surface area contributed by atoms with Crippen molar-refractivity contribution in [1.29, 1.82) is 0 Å². The maximum Gasteiger partial charge on any atom is 0.410 e. The third-order valence-electron chi connectivity index (χ3n) is 3.28. The fraction of sp³-hybridized carbons (Fsp3) is 0.556. The van der Waals surface area contributed by atoms with E-state index < -0.39 is 18.4 Å². The van der Waals surface area contributed by atoms with Crippen LogP contribution >= 0.6 is 0 Å². The molecule has 0 heterocycles. The molecule has 0 spiro atoms. The molecule has 134 valence electrons. The highest BCUT2D eigenvalue weighted by Crippen LogP contribution is 2.04. The van der Waals surface area contributed by atoms with Crippen LogP contribution in [0, 0.1) is 0 Å². The van der Waals surface area contributed by atoms with E-state index in [0.29, 0.717) is 12.1 Å². The molecule has 24 heavy (non-hydrogen) atoms. The topological polar surface area (TPSA) is 76.7 Å². The SMILES string of the molecule is CCCNCCCCCNC(=O)O[C@@H](C)OC(=O)c1ccccc1. The molecule has 0 aliphatic carbocycles. The molecule has 1 amide bonds. The smallest absolute Gasteiger partial charge is 0.410 e. The summed E-state index contributed by atoms with van der Waals surface area (Å²) >= 11 is 0. The summed E-state index contributed by atoms with van der Waals surface area (Å²) in [5.41, 5.74) is 0.421. The molecule has 0 aromatic heterocycles. The summed E-state index contributed by atoms with van der Waals surface area (Å²) in [6.45, 7) is 6.25. The van der Waals surface area contributed by atoms with Gasteiger partial charge in [-0.15, -0.1) is 0 Å². The molecule has 0 unspecified atom stereocenters. The van der Waals surface area contributed by atoms with Gasteiger partial charge in [0.1, 0.15) is 0 Å². The number of rotatable bonds is 11. The maximum atomic E-state index is 11.8.